The number of amides is 3. The second-order valence-corrected chi connectivity index (χ2v) is 6.87. The molecule has 2 rings (SSSR count). The first-order valence-corrected chi connectivity index (χ1v) is 8.98. The minimum absolute atomic E-state index is 0.143. The summed E-state index contributed by atoms with van der Waals surface area (Å²) >= 11 is 0. The molecule has 3 amide bonds. The molecular formula is C18H30N6O2. The standard InChI is InChI=1S/C18H30N6O2/c1-6-18(2)15(25)24(17(26)21-18)12-8-10-20-16(19-3)23(5)13-14-9-7-11-22(14)4/h7,9,11H,6,8,10,12-13H2,1-5H3,(H,19,20)(H,21,26). The molecule has 0 bridgehead atoms. The Balaban J connectivity index is 1.80. The monoisotopic (exact) mass is 362 g/mol. The van der Waals surface area contributed by atoms with E-state index in [2.05, 4.69) is 26.3 Å². The molecule has 8 nitrogen and oxygen atoms in total. The smallest absolute Gasteiger partial charge is 0.325 e. The fraction of sp³-hybridized carbons (Fsp3) is 0.611. The summed E-state index contributed by atoms with van der Waals surface area (Å²) in [6.45, 7) is 5.43. The lowest BCUT2D eigenvalue weighted by molar-refractivity contribution is -0.130. The van der Waals surface area contributed by atoms with Crippen molar-refractivity contribution in [3.05, 3.63) is 24.0 Å². The molecule has 0 aliphatic carbocycles. The van der Waals surface area contributed by atoms with Gasteiger partial charge in [-0.15, -0.1) is 0 Å². The SMILES string of the molecule is CCC1(C)NC(=O)N(CCCNC(=NC)N(C)Cc2cccn2C)C1=O. The van der Waals surface area contributed by atoms with Crippen LogP contribution in [0.3, 0.4) is 0 Å². The van der Waals surface area contributed by atoms with Gasteiger partial charge in [0.05, 0.1) is 6.54 Å². The van der Waals surface area contributed by atoms with Crippen molar-refractivity contribution in [1.82, 2.24) is 25.0 Å². The second kappa shape index (κ2) is 8.25. The lowest BCUT2D eigenvalue weighted by Crippen LogP contribution is -2.43. The molecule has 1 aromatic heterocycles. The Bertz CT molecular complexity index is 683. The van der Waals surface area contributed by atoms with Crippen molar-refractivity contribution in [2.75, 3.05) is 27.2 Å². The van der Waals surface area contributed by atoms with Crippen molar-refractivity contribution in [3.8, 4) is 0 Å². The molecule has 8 heteroatoms. The quantitative estimate of drug-likeness (QED) is 0.330. The van der Waals surface area contributed by atoms with Gasteiger partial charge in [-0.2, -0.15) is 0 Å². The van der Waals surface area contributed by atoms with Gasteiger partial charge < -0.3 is 20.1 Å². The highest BCUT2D eigenvalue weighted by Crippen LogP contribution is 2.20. The Morgan fingerprint density at radius 3 is 2.69 bits per heavy atom. The maximum absolute atomic E-state index is 12.4. The van der Waals surface area contributed by atoms with Gasteiger partial charge >= 0.3 is 6.03 Å². The van der Waals surface area contributed by atoms with Gasteiger partial charge in [0.25, 0.3) is 5.91 Å². The van der Waals surface area contributed by atoms with Crippen LogP contribution in [0.15, 0.2) is 23.3 Å². The molecule has 0 saturated carbocycles. The number of aryl methyl sites for hydroxylation is 1. The molecular weight excluding hydrogens is 332 g/mol. The van der Waals surface area contributed by atoms with E-state index in [0.29, 0.717) is 25.9 Å². The minimum Gasteiger partial charge on any atom is -0.356 e. The Hall–Kier alpha value is -2.51. The van der Waals surface area contributed by atoms with Crippen LogP contribution in [0.2, 0.25) is 0 Å². The maximum atomic E-state index is 12.4. The molecule has 1 atom stereocenters. The Labute approximate surface area is 155 Å². The highest BCUT2D eigenvalue weighted by molar-refractivity contribution is 6.06. The minimum atomic E-state index is -0.768. The Morgan fingerprint density at radius 1 is 1.42 bits per heavy atom. The van der Waals surface area contributed by atoms with Crippen LogP contribution in [-0.4, -0.2) is 65.0 Å². The van der Waals surface area contributed by atoms with Gasteiger partial charge in [-0.25, -0.2) is 4.79 Å². The molecule has 1 aliphatic rings. The number of urea groups is 1. The van der Waals surface area contributed by atoms with E-state index in [-0.39, 0.29) is 11.9 Å². The van der Waals surface area contributed by atoms with E-state index in [9.17, 15) is 9.59 Å². The van der Waals surface area contributed by atoms with E-state index in [0.717, 1.165) is 12.5 Å². The average molecular weight is 362 g/mol. The van der Waals surface area contributed by atoms with Crippen LogP contribution in [0.5, 0.6) is 0 Å². The number of guanidine groups is 1. The van der Waals surface area contributed by atoms with Gasteiger partial charge in [0, 0.05) is 46.1 Å². The van der Waals surface area contributed by atoms with Crippen LogP contribution in [0, 0.1) is 0 Å². The number of carbonyl (C=O) groups is 2. The molecule has 1 unspecified atom stereocenters. The summed E-state index contributed by atoms with van der Waals surface area (Å²) in [5, 5.41) is 6.06. The number of hydrogen-bond acceptors (Lipinski definition) is 3. The zero-order chi connectivity index (χ0) is 19.3. The van der Waals surface area contributed by atoms with E-state index >= 15 is 0 Å². The molecule has 0 radical (unpaired) electrons. The normalized spacial score (nSPS) is 20.5. The van der Waals surface area contributed by atoms with E-state index in [4.69, 9.17) is 0 Å². The lowest BCUT2D eigenvalue weighted by atomic mass is 9.99. The van der Waals surface area contributed by atoms with E-state index in [1.54, 1.807) is 14.0 Å². The molecule has 144 valence electrons. The second-order valence-electron chi connectivity index (χ2n) is 6.87. The molecule has 1 fully saturated rings. The molecule has 2 heterocycles. The van der Waals surface area contributed by atoms with E-state index in [1.165, 1.54) is 10.6 Å². The number of carbonyl (C=O) groups excluding carboxylic acids is 2. The molecule has 1 aromatic rings. The third-order valence-corrected chi connectivity index (χ3v) is 4.92. The van der Waals surface area contributed by atoms with Crippen LogP contribution in [0.25, 0.3) is 0 Å². The van der Waals surface area contributed by atoms with Crippen molar-refractivity contribution >= 4 is 17.9 Å². The summed E-state index contributed by atoms with van der Waals surface area (Å²) in [6.07, 6.45) is 3.26. The number of rotatable bonds is 7. The van der Waals surface area contributed by atoms with Crippen LogP contribution in [0.4, 0.5) is 4.79 Å². The largest absolute Gasteiger partial charge is 0.356 e. The number of imide groups is 1. The van der Waals surface area contributed by atoms with Gasteiger partial charge in [-0.05, 0) is 31.9 Å². The van der Waals surface area contributed by atoms with E-state index < -0.39 is 5.54 Å². The van der Waals surface area contributed by atoms with Crippen LogP contribution in [-0.2, 0) is 18.4 Å². The maximum Gasteiger partial charge on any atom is 0.325 e. The third kappa shape index (κ3) is 4.17. The van der Waals surface area contributed by atoms with Gasteiger partial charge in [-0.1, -0.05) is 6.92 Å². The van der Waals surface area contributed by atoms with Gasteiger partial charge in [0.15, 0.2) is 5.96 Å². The topological polar surface area (TPSA) is 82.0 Å². The fourth-order valence-corrected chi connectivity index (χ4v) is 2.99. The number of nitrogens with one attached hydrogen (secondary N) is 2. The molecule has 0 spiro atoms. The van der Waals surface area contributed by atoms with Gasteiger partial charge in [-0.3, -0.25) is 14.7 Å². The number of aliphatic imine (C=N–C) groups is 1. The first kappa shape index (κ1) is 19.8. The molecule has 2 N–H and O–H groups in total. The third-order valence-electron chi connectivity index (χ3n) is 4.92. The predicted octanol–water partition coefficient (Wildman–Crippen LogP) is 1.14. The summed E-state index contributed by atoms with van der Waals surface area (Å²) < 4.78 is 2.08. The van der Waals surface area contributed by atoms with Gasteiger partial charge in [0.2, 0.25) is 0 Å². The van der Waals surface area contributed by atoms with E-state index in [1.807, 2.05) is 38.2 Å². The summed E-state index contributed by atoms with van der Waals surface area (Å²) in [7, 11) is 5.74. The van der Waals surface area contributed by atoms with Crippen molar-refractivity contribution in [3.63, 3.8) is 0 Å². The van der Waals surface area contributed by atoms with Crippen molar-refractivity contribution in [2.24, 2.45) is 12.0 Å². The summed E-state index contributed by atoms with van der Waals surface area (Å²) in [4.78, 5) is 32.0. The highest BCUT2D eigenvalue weighted by atomic mass is 16.2. The first-order valence-electron chi connectivity index (χ1n) is 8.98. The van der Waals surface area contributed by atoms with Crippen LogP contribution in [0.1, 0.15) is 32.4 Å². The van der Waals surface area contributed by atoms with Crippen molar-refractivity contribution in [1.29, 1.82) is 0 Å². The Morgan fingerprint density at radius 2 is 2.15 bits per heavy atom. The number of aromatic nitrogens is 1. The fourth-order valence-electron chi connectivity index (χ4n) is 2.99. The average Bonchev–Trinajstić information content (AvgIpc) is 3.10. The van der Waals surface area contributed by atoms with Crippen LogP contribution >= 0.6 is 0 Å². The van der Waals surface area contributed by atoms with Crippen molar-refractivity contribution in [2.45, 2.75) is 38.8 Å². The molecule has 26 heavy (non-hydrogen) atoms. The van der Waals surface area contributed by atoms with Gasteiger partial charge in [0.1, 0.15) is 5.54 Å². The molecule has 0 aromatic carbocycles. The lowest BCUT2D eigenvalue weighted by Gasteiger charge is -2.23. The Kier molecular flexibility index (Phi) is 6.28. The zero-order valence-electron chi connectivity index (χ0n) is 16.4. The highest BCUT2D eigenvalue weighted by Gasteiger charge is 2.45. The number of nitrogens with zero attached hydrogens (tertiary/aromatic N) is 4. The number of hydrogen-bond donors (Lipinski definition) is 2. The summed E-state index contributed by atoms with van der Waals surface area (Å²) in [5.41, 5.74) is 0.421. The summed E-state index contributed by atoms with van der Waals surface area (Å²) in [6, 6.07) is 3.79. The summed E-state index contributed by atoms with van der Waals surface area (Å²) in [5.74, 6) is 0.636. The predicted molar refractivity (Wildman–Crippen MR) is 102 cm³/mol. The first-order chi connectivity index (χ1) is 12.3. The van der Waals surface area contributed by atoms with Crippen molar-refractivity contribution < 1.29 is 9.59 Å². The van der Waals surface area contributed by atoms with Crippen LogP contribution < -0.4 is 10.6 Å². The molecule has 1 saturated heterocycles. The molecule has 1 aliphatic heterocycles. The zero-order valence-corrected chi connectivity index (χ0v) is 16.4.